The molecule has 0 fully saturated rings. The molecule has 0 amide bonds. The number of para-hydroxylation sites is 2. The molecule has 0 bridgehead atoms. The Balaban J connectivity index is 2.10. The topological polar surface area (TPSA) is 80.4 Å². The first-order valence-electron chi connectivity index (χ1n) is 4.41. The van der Waals surface area contributed by atoms with E-state index in [1.807, 2.05) is 12.1 Å². The number of nitrogens with zero attached hydrogens (tertiary/aromatic N) is 1. The highest BCUT2D eigenvalue weighted by Crippen LogP contribution is 2.22. The van der Waals surface area contributed by atoms with E-state index < -0.39 is 11.8 Å². The molecule has 0 radical (unpaired) electrons. The molecule has 0 atom stereocenters. The van der Waals surface area contributed by atoms with E-state index >= 15 is 0 Å². The highest BCUT2D eigenvalue weighted by atomic mass is 32.2. The van der Waals surface area contributed by atoms with Gasteiger partial charge in [0.2, 0.25) is 5.78 Å². The highest BCUT2D eigenvalue weighted by molar-refractivity contribution is 7.99. The van der Waals surface area contributed by atoms with Crippen molar-refractivity contribution in [3.8, 4) is 0 Å². The van der Waals surface area contributed by atoms with E-state index in [0.717, 1.165) is 11.8 Å². The number of aromatic nitrogens is 1. The van der Waals surface area contributed by atoms with Crippen LogP contribution in [0.5, 0.6) is 0 Å². The van der Waals surface area contributed by atoms with Gasteiger partial charge in [0, 0.05) is 0 Å². The fourth-order valence-electron chi connectivity index (χ4n) is 1.10. The lowest BCUT2D eigenvalue weighted by molar-refractivity contribution is -0.147. The number of fused-ring (bicyclic) bond motifs is 1. The van der Waals surface area contributed by atoms with E-state index in [1.54, 1.807) is 12.1 Å². The maximum absolute atomic E-state index is 10.8. The summed E-state index contributed by atoms with van der Waals surface area (Å²) < 4.78 is 5.30. The van der Waals surface area contributed by atoms with Gasteiger partial charge in [0.15, 0.2) is 5.58 Å². The first kappa shape index (κ1) is 10.7. The lowest BCUT2D eigenvalue weighted by atomic mass is 10.3. The molecule has 0 unspecified atom stereocenters. The highest BCUT2D eigenvalue weighted by Gasteiger charge is 2.14. The van der Waals surface area contributed by atoms with Crippen molar-refractivity contribution in [1.82, 2.24) is 4.98 Å². The van der Waals surface area contributed by atoms with Crippen molar-refractivity contribution in [3.63, 3.8) is 0 Å². The minimum absolute atomic E-state index is 0.178. The minimum atomic E-state index is -1.44. The fourth-order valence-corrected chi connectivity index (χ4v) is 1.79. The van der Waals surface area contributed by atoms with Gasteiger partial charge in [0.05, 0.1) is 5.75 Å². The van der Waals surface area contributed by atoms with Gasteiger partial charge in [-0.2, -0.15) is 0 Å². The quantitative estimate of drug-likeness (QED) is 0.642. The molecule has 5 nitrogen and oxygen atoms in total. The van der Waals surface area contributed by atoms with Gasteiger partial charge in [-0.1, -0.05) is 23.9 Å². The number of oxazole rings is 1. The second-order valence-corrected chi connectivity index (χ2v) is 3.89. The minimum Gasteiger partial charge on any atom is -0.475 e. The van der Waals surface area contributed by atoms with E-state index in [4.69, 9.17) is 9.52 Å². The zero-order valence-corrected chi connectivity index (χ0v) is 8.86. The predicted molar refractivity (Wildman–Crippen MR) is 57.4 cm³/mol. The summed E-state index contributed by atoms with van der Waals surface area (Å²) in [5.74, 6) is -2.49. The van der Waals surface area contributed by atoms with Crippen LogP contribution in [-0.4, -0.2) is 27.6 Å². The number of hydrogen-bond donors (Lipinski definition) is 1. The Bertz CT molecular complexity index is 515. The molecule has 6 heteroatoms. The lowest BCUT2D eigenvalue weighted by Crippen LogP contribution is -2.14. The lowest BCUT2D eigenvalue weighted by Gasteiger charge is -1.90. The monoisotopic (exact) mass is 237 g/mol. The molecule has 0 aliphatic heterocycles. The molecular weight excluding hydrogens is 230 g/mol. The molecule has 82 valence electrons. The Kier molecular flexibility index (Phi) is 2.91. The van der Waals surface area contributed by atoms with Crippen LogP contribution in [0, 0.1) is 0 Å². The van der Waals surface area contributed by atoms with Crippen LogP contribution in [0.15, 0.2) is 33.9 Å². The molecule has 2 aromatic rings. The predicted octanol–water partition coefficient (Wildman–Crippen LogP) is 1.57. The SMILES string of the molecule is O=C(O)C(=O)CSc1nc2ccccc2o1. The summed E-state index contributed by atoms with van der Waals surface area (Å²) in [7, 11) is 0. The van der Waals surface area contributed by atoms with Crippen molar-refractivity contribution >= 4 is 34.6 Å². The van der Waals surface area contributed by atoms with Gasteiger partial charge >= 0.3 is 5.97 Å². The normalized spacial score (nSPS) is 10.5. The number of carboxylic acids is 1. The standard InChI is InChI=1S/C10H7NO4S/c12-7(9(13)14)5-16-10-11-6-3-1-2-4-8(6)15-10/h1-4H,5H2,(H,13,14). The third kappa shape index (κ3) is 2.22. The van der Waals surface area contributed by atoms with Crippen molar-refractivity contribution in [2.45, 2.75) is 5.22 Å². The molecular formula is C10H7NO4S. The summed E-state index contributed by atoms with van der Waals surface area (Å²) >= 11 is 0.974. The smallest absolute Gasteiger partial charge is 0.373 e. The van der Waals surface area contributed by atoms with Crippen molar-refractivity contribution in [1.29, 1.82) is 0 Å². The van der Waals surface area contributed by atoms with Gasteiger partial charge in [-0.3, -0.25) is 4.79 Å². The Morgan fingerprint density at radius 1 is 1.38 bits per heavy atom. The van der Waals surface area contributed by atoms with Crippen molar-refractivity contribution in [2.24, 2.45) is 0 Å². The van der Waals surface area contributed by atoms with E-state index in [1.165, 1.54) is 0 Å². The average molecular weight is 237 g/mol. The number of benzene rings is 1. The number of carbonyl (C=O) groups excluding carboxylic acids is 1. The fraction of sp³-hybridized carbons (Fsp3) is 0.100. The molecule has 0 saturated heterocycles. The molecule has 1 aromatic heterocycles. The summed E-state index contributed by atoms with van der Waals surface area (Å²) in [6, 6.07) is 7.17. The number of hydrogen-bond acceptors (Lipinski definition) is 5. The number of Topliss-reactive ketones (excluding diaryl/α,β-unsaturated/α-hetero) is 1. The van der Waals surface area contributed by atoms with E-state index in [2.05, 4.69) is 4.98 Å². The number of carbonyl (C=O) groups is 2. The Labute approximate surface area is 94.5 Å². The number of carboxylic acid groups (broad SMARTS) is 1. The van der Waals surface area contributed by atoms with Crippen LogP contribution in [0.25, 0.3) is 11.1 Å². The average Bonchev–Trinajstić information content (AvgIpc) is 2.68. The van der Waals surface area contributed by atoms with Gasteiger partial charge in [-0.25, -0.2) is 9.78 Å². The van der Waals surface area contributed by atoms with E-state index in [-0.39, 0.29) is 5.75 Å². The summed E-state index contributed by atoms with van der Waals surface area (Å²) in [6.45, 7) is 0. The van der Waals surface area contributed by atoms with Crippen LogP contribution < -0.4 is 0 Å². The number of ketones is 1. The molecule has 16 heavy (non-hydrogen) atoms. The van der Waals surface area contributed by atoms with Crippen molar-refractivity contribution < 1.29 is 19.1 Å². The van der Waals surface area contributed by atoms with Crippen LogP contribution in [0.2, 0.25) is 0 Å². The maximum Gasteiger partial charge on any atom is 0.373 e. The summed E-state index contributed by atoms with van der Waals surface area (Å²) in [5.41, 5.74) is 1.31. The summed E-state index contributed by atoms with van der Waals surface area (Å²) in [6.07, 6.45) is 0. The van der Waals surface area contributed by atoms with Crippen LogP contribution in [0.4, 0.5) is 0 Å². The van der Waals surface area contributed by atoms with Gasteiger partial charge in [-0.05, 0) is 12.1 Å². The second kappa shape index (κ2) is 4.36. The van der Waals surface area contributed by atoms with Gasteiger partial charge in [-0.15, -0.1) is 0 Å². The molecule has 1 heterocycles. The van der Waals surface area contributed by atoms with E-state index in [0.29, 0.717) is 16.3 Å². The molecule has 2 rings (SSSR count). The van der Waals surface area contributed by atoms with Gasteiger partial charge in [0.1, 0.15) is 5.52 Å². The first-order valence-corrected chi connectivity index (χ1v) is 5.40. The molecule has 0 aliphatic carbocycles. The summed E-state index contributed by atoms with van der Waals surface area (Å²) in [5, 5.41) is 8.69. The number of aliphatic carboxylic acids is 1. The van der Waals surface area contributed by atoms with E-state index in [9.17, 15) is 9.59 Å². The first-order chi connectivity index (χ1) is 7.66. The van der Waals surface area contributed by atoms with Crippen LogP contribution in [0.3, 0.4) is 0 Å². The Morgan fingerprint density at radius 3 is 2.81 bits per heavy atom. The van der Waals surface area contributed by atoms with Crippen LogP contribution >= 0.6 is 11.8 Å². The maximum atomic E-state index is 10.8. The van der Waals surface area contributed by atoms with Crippen LogP contribution in [0.1, 0.15) is 0 Å². The molecule has 0 spiro atoms. The Hall–Kier alpha value is -1.82. The van der Waals surface area contributed by atoms with Gasteiger partial charge in [0.25, 0.3) is 5.22 Å². The second-order valence-electron chi connectivity index (χ2n) is 2.96. The molecule has 0 aliphatic rings. The molecule has 1 N–H and O–H groups in total. The number of thioether (sulfide) groups is 1. The van der Waals surface area contributed by atoms with Gasteiger partial charge < -0.3 is 9.52 Å². The zero-order valence-electron chi connectivity index (χ0n) is 8.04. The van der Waals surface area contributed by atoms with Crippen LogP contribution in [-0.2, 0) is 9.59 Å². The summed E-state index contributed by atoms with van der Waals surface area (Å²) in [4.78, 5) is 25.2. The van der Waals surface area contributed by atoms with Crippen molar-refractivity contribution in [2.75, 3.05) is 5.75 Å². The van der Waals surface area contributed by atoms with Crippen molar-refractivity contribution in [3.05, 3.63) is 24.3 Å². The largest absolute Gasteiger partial charge is 0.475 e. The molecule has 0 saturated carbocycles. The Morgan fingerprint density at radius 2 is 2.12 bits per heavy atom. The zero-order chi connectivity index (χ0) is 11.5. The third-order valence-electron chi connectivity index (χ3n) is 1.84. The third-order valence-corrected chi connectivity index (χ3v) is 2.67. The number of rotatable bonds is 4. The molecule has 1 aromatic carbocycles.